The van der Waals surface area contributed by atoms with Gasteiger partial charge in [-0.3, -0.25) is 0 Å². The van der Waals surface area contributed by atoms with Gasteiger partial charge in [0.05, 0.1) is 17.5 Å². The minimum Gasteiger partial charge on any atom is -0.387 e. The predicted octanol–water partition coefficient (Wildman–Crippen LogP) is 2.69. The summed E-state index contributed by atoms with van der Waals surface area (Å²) in [7, 11) is 0. The van der Waals surface area contributed by atoms with Crippen molar-refractivity contribution in [3.05, 3.63) is 23.8 Å². The van der Waals surface area contributed by atoms with Crippen LogP contribution in [0, 0.1) is 0 Å². The first-order valence-corrected chi connectivity index (χ1v) is 8.93. The van der Waals surface area contributed by atoms with Gasteiger partial charge in [0.25, 0.3) is 0 Å². The van der Waals surface area contributed by atoms with E-state index in [0.29, 0.717) is 13.1 Å². The molecule has 132 valence electrons. The molecule has 0 amide bonds. The Bertz CT molecular complexity index is 425. The third-order valence-electron chi connectivity index (χ3n) is 3.78. The number of rotatable bonds is 13. The summed E-state index contributed by atoms with van der Waals surface area (Å²) in [6.45, 7) is 8.12. The normalized spacial score (nSPS) is 12.2. The Hall–Kier alpha value is -1.30. The summed E-state index contributed by atoms with van der Waals surface area (Å²) < 4.78 is 0. The molecule has 0 aliphatic heterocycles. The van der Waals surface area contributed by atoms with Crippen LogP contribution in [0.4, 0.5) is 11.4 Å². The highest BCUT2D eigenvalue weighted by molar-refractivity contribution is 5.70. The lowest BCUT2D eigenvalue weighted by molar-refractivity contribution is 0.175. The minimum absolute atomic E-state index is 0.516. The van der Waals surface area contributed by atoms with Crippen molar-refractivity contribution in [1.82, 2.24) is 5.32 Å². The third kappa shape index (κ3) is 7.68. The fraction of sp³-hybridized carbons (Fsp3) is 0.667. The summed E-state index contributed by atoms with van der Waals surface area (Å²) in [6.07, 6.45) is 4.12. The molecule has 0 fully saturated rings. The van der Waals surface area contributed by atoms with Crippen molar-refractivity contribution in [3.63, 3.8) is 0 Å². The molecule has 5 nitrogen and oxygen atoms in total. The van der Waals surface area contributed by atoms with Gasteiger partial charge < -0.3 is 26.8 Å². The number of anilines is 2. The summed E-state index contributed by atoms with van der Waals surface area (Å²) in [5.41, 5.74) is 8.57. The van der Waals surface area contributed by atoms with Gasteiger partial charge in [-0.25, -0.2) is 0 Å². The Morgan fingerprint density at radius 2 is 1.65 bits per heavy atom. The largest absolute Gasteiger partial charge is 0.387 e. The average Bonchev–Trinajstić information content (AvgIpc) is 2.56. The van der Waals surface area contributed by atoms with E-state index in [1.165, 1.54) is 6.42 Å². The van der Waals surface area contributed by atoms with Crippen LogP contribution in [0.15, 0.2) is 18.2 Å². The molecule has 1 atom stereocenters. The molecule has 5 heteroatoms. The smallest absolute Gasteiger partial charge is 0.0915 e. The SMILES string of the molecule is CCCCNc1ccc(C(O)CNCCN)cc1NCCCC. The number of aliphatic hydroxyl groups is 1. The molecule has 0 aromatic heterocycles. The van der Waals surface area contributed by atoms with Crippen molar-refractivity contribution in [2.75, 3.05) is 43.4 Å². The van der Waals surface area contributed by atoms with Gasteiger partial charge in [0, 0.05) is 32.7 Å². The molecule has 0 spiro atoms. The second kappa shape index (κ2) is 12.2. The molecule has 0 aliphatic rings. The summed E-state index contributed by atoms with van der Waals surface area (Å²) in [4.78, 5) is 0. The molecule has 0 bridgehead atoms. The molecule has 1 aromatic rings. The molecule has 1 unspecified atom stereocenters. The van der Waals surface area contributed by atoms with Crippen LogP contribution < -0.4 is 21.7 Å². The van der Waals surface area contributed by atoms with Crippen LogP contribution in [-0.2, 0) is 0 Å². The lowest BCUT2D eigenvalue weighted by Gasteiger charge is -2.18. The minimum atomic E-state index is -0.516. The van der Waals surface area contributed by atoms with Gasteiger partial charge in [-0.05, 0) is 30.5 Å². The number of unbranched alkanes of at least 4 members (excludes halogenated alkanes) is 2. The summed E-state index contributed by atoms with van der Waals surface area (Å²) in [5, 5.41) is 20.4. The monoisotopic (exact) mass is 322 g/mol. The fourth-order valence-electron chi connectivity index (χ4n) is 2.33. The average molecular weight is 322 g/mol. The van der Waals surface area contributed by atoms with Crippen LogP contribution in [0.5, 0.6) is 0 Å². The quantitative estimate of drug-likeness (QED) is 0.361. The number of nitrogens with two attached hydrogens (primary N) is 1. The van der Waals surface area contributed by atoms with Gasteiger partial charge in [0.15, 0.2) is 0 Å². The van der Waals surface area contributed by atoms with Crippen LogP contribution in [0.1, 0.15) is 51.2 Å². The lowest BCUT2D eigenvalue weighted by Crippen LogP contribution is -2.27. The Morgan fingerprint density at radius 3 is 2.26 bits per heavy atom. The van der Waals surface area contributed by atoms with E-state index in [-0.39, 0.29) is 0 Å². The first kappa shape index (κ1) is 19.7. The van der Waals surface area contributed by atoms with E-state index in [4.69, 9.17) is 5.73 Å². The lowest BCUT2D eigenvalue weighted by atomic mass is 10.1. The van der Waals surface area contributed by atoms with Gasteiger partial charge in [-0.1, -0.05) is 32.8 Å². The van der Waals surface area contributed by atoms with Gasteiger partial charge in [0.2, 0.25) is 0 Å². The van der Waals surface area contributed by atoms with Crippen molar-refractivity contribution in [2.45, 2.75) is 45.6 Å². The van der Waals surface area contributed by atoms with E-state index in [2.05, 4.69) is 41.9 Å². The van der Waals surface area contributed by atoms with Gasteiger partial charge >= 0.3 is 0 Å². The highest BCUT2D eigenvalue weighted by Gasteiger charge is 2.10. The molecule has 6 N–H and O–H groups in total. The zero-order valence-corrected chi connectivity index (χ0v) is 14.7. The second-order valence-corrected chi connectivity index (χ2v) is 5.87. The first-order chi connectivity index (χ1) is 11.2. The van der Waals surface area contributed by atoms with Crippen molar-refractivity contribution < 1.29 is 5.11 Å². The topological polar surface area (TPSA) is 82.3 Å². The van der Waals surface area contributed by atoms with Gasteiger partial charge in [0.1, 0.15) is 0 Å². The summed E-state index contributed by atoms with van der Waals surface area (Å²) >= 11 is 0. The van der Waals surface area contributed by atoms with Crippen molar-refractivity contribution in [1.29, 1.82) is 0 Å². The van der Waals surface area contributed by atoms with Crippen LogP contribution in [0.3, 0.4) is 0 Å². The molecule has 23 heavy (non-hydrogen) atoms. The van der Waals surface area contributed by atoms with Crippen molar-refractivity contribution >= 4 is 11.4 Å². The number of aliphatic hydroxyl groups excluding tert-OH is 1. The predicted molar refractivity (Wildman–Crippen MR) is 100 cm³/mol. The molecule has 0 saturated heterocycles. The molecule has 1 rings (SSSR count). The molecular formula is C18H34N4O. The van der Waals surface area contributed by atoms with E-state index in [1.807, 2.05) is 6.07 Å². The maximum absolute atomic E-state index is 10.3. The van der Waals surface area contributed by atoms with Gasteiger partial charge in [-0.15, -0.1) is 0 Å². The first-order valence-electron chi connectivity index (χ1n) is 8.93. The molecule has 0 aliphatic carbocycles. The third-order valence-corrected chi connectivity index (χ3v) is 3.78. The molecule has 0 heterocycles. The molecular weight excluding hydrogens is 288 g/mol. The Morgan fingerprint density at radius 1 is 1.00 bits per heavy atom. The number of hydrogen-bond acceptors (Lipinski definition) is 5. The fourth-order valence-corrected chi connectivity index (χ4v) is 2.33. The Balaban J connectivity index is 2.74. The Labute approximate surface area is 141 Å². The summed E-state index contributed by atoms with van der Waals surface area (Å²) in [6, 6.07) is 6.11. The summed E-state index contributed by atoms with van der Waals surface area (Å²) in [5.74, 6) is 0. The van der Waals surface area contributed by atoms with Crippen LogP contribution in [0.25, 0.3) is 0 Å². The number of nitrogens with one attached hydrogen (secondary N) is 3. The van der Waals surface area contributed by atoms with Gasteiger partial charge in [-0.2, -0.15) is 0 Å². The standard InChI is InChI=1S/C18H34N4O/c1-3-5-10-21-16-8-7-15(18(23)14-20-12-9-19)13-17(16)22-11-6-4-2/h7-8,13,18,20-23H,3-6,9-12,14,19H2,1-2H3. The Kier molecular flexibility index (Phi) is 10.4. The number of hydrogen-bond donors (Lipinski definition) is 5. The highest BCUT2D eigenvalue weighted by atomic mass is 16.3. The van der Waals surface area contributed by atoms with Crippen LogP contribution in [-0.4, -0.2) is 37.8 Å². The zero-order valence-electron chi connectivity index (χ0n) is 14.7. The van der Waals surface area contributed by atoms with Crippen molar-refractivity contribution in [3.8, 4) is 0 Å². The van der Waals surface area contributed by atoms with E-state index in [0.717, 1.165) is 55.8 Å². The van der Waals surface area contributed by atoms with E-state index >= 15 is 0 Å². The van der Waals surface area contributed by atoms with E-state index in [1.54, 1.807) is 0 Å². The highest BCUT2D eigenvalue weighted by Crippen LogP contribution is 2.26. The van der Waals surface area contributed by atoms with Crippen LogP contribution >= 0.6 is 0 Å². The van der Waals surface area contributed by atoms with Crippen LogP contribution in [0.2, 0.25) is 0 Å². The maximum Gasteiger partial charge on any atom is 0.0915 e. The zero-order chi connectivity index (χ0) is 16.9. The molecule has 0 saturated carbocycles. The molecule has 0 radical (unpaired) electrons. The maximum atomic E-state index is 10.3. The second-order valence-electron chi connectivity index (χ2n) is 5.87. The van der Waals surface area contributed by atoms with E-state index < -0.39 is 6.10 Å². The van der Waals surface area contributed by atoms with E-state index in [9.17, 15) is 5.11 Å². The molecule has 1 aromatic carbocycles. The van der Waals surface area contributed by atoms with Crippen molar-refractivity contribution in [2.24, 2.45) is 5.73 Å². The number of benzene rings is 1.